The van der Waals surface area contributed by atoms with Crippen LogP contribution >= 0.6 is 0 Å². The number of hydrogen-bond donors (Lipinski definition) is 1. The van der Waals surface area contributed by atoms with Gasteiger partial charge in [0.1, 0.15) is 0 Å². The first-order valence-corrected chi connectivity index (χ1v) is 7.89. The summed E-state index contributed by atoms with van der Waals surface area (Å²) in [6.07, 6.45) is 1.35. The van der Waals surface area contributed by atoms with Gasteiger partial charge in [-0.15, -0.1) is 0 Å². The van der Waals surface area contributed by atoms with Gasteiger partial charge in [-0.2, -0.15) is 0 Å². The predicted molar refractivity (Wildman–Crippen MR) is 71.6 cm³/mol. The minimum absolute atomic E-state index is 0.00972. The quantitative estimate of drug-likeness (QED) is 0.684. The van der Waals surface area contributed by atoms with Crippen LogP contribution in [0, 0.1) is 5.41 Å². The van der Waals surface area contributed by atoms with Crippen LogP contribution < -0.4 is 4.72 Å². The molecule has 104 valence electrons. The maximum Gasteiger partial charge on any atom is 0.211 e. The Kier molecular flexibility index (Phi) is 7.28. The SMILES string of the molecule is CCC(C)NS(=O)(=O)CCCOCC(C)(C)C. The molecule has 0 radical (unpaired) electrons. The molecule has 0 aliphatic heterocycles. The fourth-order valence-corrected chi connectivity index (χ4v) is 2.57. The van der Waals surface area contributed by atoms with E-state index in [-0.39, 0.29) is 17.2 Å². The molecular weight excluding hydrogens is 238 g/mol. The van der Waals surface area contributed by atoms with Gasteiger partial charge in [0.15, 0.2) is 0 Å². The number of nitrogens with one attached hydrogen (secondary N) is 1. The van der Waals surface area contributed by atoms with Crippen molar-refractivity contribution in [3.63, 3.8) is 0 Å². The maximum atomic E-state index is 11.6. The topological polar surface area (TPSA) is 55.4 Å². The molecule has 0 bridgehead atoms. The molecule has 5 heteroatoms. The largest absolute Gasteiger partial charge is 0.381 e. The fourth-order valence-electron chi connectivity index (χ4n) is 1.18. The molecule has 0 aromatic heterocycles. The lowest BCUT2D eigenvalue weighted by Crippen LogP contribution is -2.34. The van der Waals surface area contributed by atoms with E-state index in [1.807, 2.05) is 13.8 Å². The van der Waals surface area contributed by atoms with Crippen molar-refractivity contribution >= 4 is 10.0 Å². The van der Waals surface area contributed by atoms with Gasteiger partial charge < -0.3 is 4.74 Å². The summed E-state index contributed by atoms with van der Waals surface area (Å²) < 4.78 is 31.2. The van der Waals surface area contributed by atoms with Gasteiger partial charge in [0.2, 0.25) is 10.0 Å². The van der Waals surface area contributed by atoms with E-state index in [9.17, 15) is 8.42 Å². The summed E-state index contributed by atoms with van der Waals surface area (Å²) in [5.74, 6) is 0.140. The molecule has 0 rings (SSSR count). The summed E-state index contributed by atoms with van der Waals surface area (Å²) in [5.41, 5.74) is 0.133. The van der Waals surface area contributed by atoms with E-state index in [2.05, 4.69) is 25.5 Å². The van der Waals surface area contributed by atoms with Crippen molar-refractivity contribution in [1.29, 1.82) is 0 Å². The molecule has 0 saturated heterocycles. The van der Waals surface area contributed by atoms with Crippen LogP contribution in [0.1, 0.15) is 47.5 Å². The summed E-state index contributed by atoms with van der Waals surface area (Å²) in [6, 6.07) is 0.00972. The number of hydrogen-bond acceptors (Lipinski definition) is 3. The standard InChI is InChI=1S/C12H27NO3S/c1-6-11(2)13-17(14,15)9-7-8-16-10-12(3,4)5/h11,13H,6-10H2,1-5H3. The molecule has 1 N–H and O–H groups in total. The average Bonchev–Trinajstić information content (AvgIpc) is 2.14. The molecule has 0 aliphatic carbocycles. The third kappa shape index (κ3) is 10.7. The third-order valence-corrected chi connectivity index (χ3v) is 3.82. The zero-order valence-corrected chi connectivity index (χ0v) is 12.6. The second-order valence-corrected chi connectivity index (χ2v) is 7.59. The highest BCUT2D eigenvalue weighted by molar-refractivity contribution is 7.89. The molecule has 0 amide bonds. The molecule has 0 saturated carbocycles. The Morgan fingerprint density at radius 1 is 1.29 bits per heavy atom. The smallest absolute Gasteiger partial charge is 0.211 e. The second kappa shape index (κ2) is 7.34. The van der Waals surface area contributed by atoms with Crippen LogP contribution in [0.5, 0.6) is 0 Å². The summed E-state index contributed by atoms with van der Waals surface area (Å²) in [7, 11) is -3.14. The van der Waals surface area contributed by atoms with Gasteiger partial charge in [-0.3, -0.25) is 0 Å². The van der Waals surface area contributed by atoms with Crippen molar-refractivity contribution in [2.75, 3.05) is 19.0 Å². The first-order valence-electron chi connectivity index (χ1n) is 6.24. The zero-order valence-electron chi connectivity index (χ0n) is 11.7. The molecule has 1 unspecified atom stereocenters. The Labute approximate surface area is 106 Å². The molecule has 0 fully saturated rings. The minimum atomic E-state index is -3.14. The molecular formula is C12H27NO3S. The number of sulfonamides is 1. The Hall–Kier alpha value is -0.130. The Bertz CT molecular complexity index is 293. The third-order valence-electron chi connectivity index (χ3n) is 2.23. The van der Waals surface area contributed by atoms with E-state index in [4.69, 9.17) is 4.74 Å². The summed E-state index contributed by atoms with van der Waals surface area (Å²) in [4.78, 5) is 0. The highest BCUT2D eigenvalue weighted by Gasteiger charge is 2.13. The second-order valence-electron chi connectivity index (χ2n) is 5.71. The molecule has 1 atom stereocenters. The Balaban J connectivity index is 3.74. The van der Waals surface area contributed by atoms with E-state index in [0.717, 1.165) is 6.42 Å². The Morgan fingerprint density at radius 2 is 1.88 bits per heavy atom. The van der Waals surface area contributed by atoms with Crippen LogP contribution in [-0.2, 0) is 14.8 Å². The summed E-state index contributed by atoms with van der Waals surface area (Å²) in [6.45, 7) is 11.3. The fraction of sp³-hybridized carbons (Fsp3) is 1.00. The number of ether oxygens (including phenoxy) is 1. The Morgan fingerprint density at radius 3 is 2.35 bits per heavy atom. The van der Waals surface area contributed by atoms with Gasteiger partial charge >= 0.3 is 0 Å². The molecule has 0 heterocycles. The monoisotopic (exact) mass is 265 g/mol. The van der Waals surface area contributed by atoms with Crippen molar-refractivity contribution < 1.29 is 13.2 Å². The maximum absolute atomic E-state index is 11.6. The van der Waals surface area contributed by atoms with Gasteiger partial charge in [0.05, 0.1) is 12.4 Å². The minimum Gasteiger partial charge on any atom is -0.381 e. The average molecular weight is 265 g/mol. The van der Waals surface area contributed by atoms with E-state index in [1.54, 1.807) is 0 Å². The predicted octanol–water partition coefficient (Wildman–Crippen LogP) is 2.16. The van der Waals surface area contributed by atoms with Crippen LogP contribution in [0.2, 0.25) is 0 Å². The van der Waals surface area contributed by atoms with Gasteiger partial charge in [-0.05, 0) is 25.2 Å². The normalized spacial score (nSPS) is 14.9. The zero-order chi connectivity index (χ0) is 13.5. The van der Waals surface area contributed by atoms with Crippen molar-refractivity contribution in [2.24, 2.45) is 5.41 Å². The van der Waals surface area contributed by atoms with Crippen LogP contribution in [-0.4, -0.2) is 33.4 Å². The van der Waals surface area contributed by atoms with E-state index < -0.39 is 10.0 Å². The van der Waals surface area contributed by atoms with Gasteiger partial charge in [-0.25, -0.2) is 13.1 Å². The summed E-state index contributed by atoms with van der Waals surface area (Å²) in [5, 5.41) is 0. The summed E-state index contributed by atoms with van der Waals surface area (Å²) >= 11 is 0. The molecule has 0 aliphatic rings. The lowest BCUT2D eigenvalue weighted by molar-refractivity contribution is 0.0720. The molecule has 0 aromatic rings. The van der Waals surface area contributed by atoms with Crippen LogP contribution in [0.3, 0.4) is 0 Å². The van der Waals surface area contributed by atoms with Crippen molar-refractivity contribution in [1.82, 2.24) is 4.72 Å². The van der Waals surface area contributed by atoms with E-state index in [1.165, 1.54) is 0 Å². The van der Waals surface area contributed by atoms with Crippen molar-refractivity contribution in [3.8, 4) is 0 Å². The first-order chi connectivity index (χ1) is 7.66. The lowest BCUT2D eigenvalue weighted by Gasteiger charge is -2.18. The highest BCUT2D eigenvalue weighted by atomic mass is 32.2. The molecule has 4 nitrogen and oxygen atoms in total. The molecule has 0 spiro atoms. The van der Waals surface area contributed by atoms with E-state index in [0.29, 0.717) is 19.6 Å². The molecule has 0 aromatic carbocycles. The van der Waals surface area contributed by atoms with Gasteiger partial charge in [-0.1, -0.05) is 27.7 Å². The van der Waals surface area contributed by atoms with E-state index >= 15 is 0 Å². The van der Waals surface area contributed by atoms with Gasteiger partial charge in [0.25, 0.3) is 0 Å². The first kappa shape index (κ1) is 16.9. The van der Waals surface area contributed by atoms with Gasteiger partial charge in [0, 0.05) is 12.6 Å². The van der Waals surface area contributed by atoms with Crippen molar-refractivity contribution in [3.05, 3.63) is 0 Å². The van der Waals surface area contributed by atoms with Crippen LogP contribution in [0.15, 0.2) is 0 Å². The molecule has 17 heavy (non-hydrogen) atoms. The van der Waals surface area contributed by atoms with Crippen LogP contribution in [0.4, 0.5) is 0 Å². The highest BCUT2D eigenvalue weighted by Crippen LogP contribution is 2.12. The lowest BCUT2D eigenvalue weighted by atomic mass is 9.99. The van der Waals surface area contributed by atoms with Crippen molar-refractivity contribution in [2.45, 2.75) is 53.5 Å². The number of rotatable bonds is 8. The van der Waals surface area contributed by atoms with Crippen LogP contribution in [0.25, 0.3) is 0 Å².